The normalized spacial score (nSPS) is 39.1. The third-order valence-electron chi connectivity index (χ3n) is 4.72. The zero-order chi connectivity index (χ0) is 11.9. The Morgan fingerprint density at radius 2 is 1.81 bits per heavy atom. The molecule has 0 radical (unpaired) electrons. The van der Waals surface area contributed by atoms with E-state index in [0.29, 0.717) is 17.3 Å². The van der Waals surface area contributed by atoms with Crippen LogP contribution in [0.15, 0.2) is 24.3 Å². The van der Waals surface area contributed by atoms with Gasteiger partial charge in [-0.3, -0.25) is 0 Å². The number of fused-ring (bicyclic) bond motifs is 1. The molecular weight excluding hydrogens is 196 g/mol. The Balaban J connectivity index is 2.16. The predicted molar refractivity (Wildman–Crippen MR) is 68.1 cm³/mol. The zero-order valence-electron chi connectivity index (χ0n) is 10.6. The lowest BCUT2D eigenvalue weighted by Gasteiger charge is -2.53. The van der Waals surface area contributed by atoms with Crippen molar-refractivity contribution in [1.82, 2.24) is 0 Å². The van der Waals surface area contributed by atoms with Gasteiger partial charge in [-0.25, -0.2) is 0 Å². The van der Waals surface area contributed by atoms with Crippen LogP contribution < -0.4 is 0 Å². The van der Waals surface area contributed by atoms with Gasteiger partial charge in [-0.05, 0) is 54.9 Å². The minimum atomic E-state index is -0.307. The molecule has 0 aromatic carbocycles. The largest absolute Gasteiger partial charge is 0.389 e. The second kappa shape index (κ2) is 4.03. The van der Waals surface area contributed by atoms with Crippen molar-refractivity contribution in [3.05, 3.63) is 24.3 Å². The van der Waals surface area contributed by atoms with Crippen LogP contribution in [-0.4, -0.2) is 11.2 Å². The van der Waals surface area contributed by atoms with Crippen molar-refractivity contribution >= 4 is 0 Å². The molecule has 2 fully saturated rings. The summed E-state index contributed by atoms with van der Waals surface area (Å²) in [6.45, 7) is 12.9. The molecule has 16 heavy (non-hydrogen) atoms. The van der Waals surface area contributed by atoms with E-state index in [1.165, 1.54) is 18.4 Å². The Morgan fingerprint density at radius 3 is 2.44 bits per heavy atom. The summed E-state index contributed by atoms with van der Waals surface area (Å²) in [5.74, 6) is 1.25. The van der Waals surface area contributed by atoms with Gasteiger partial charge < -0.3 is 5.11 Å². The maximum atomic E-state index is 10.1. The van der Waals surface area contributed by atoms with Crippen molar-refractivity contribution in [2.75, 3.05) is 0 Å². The highest BCUT2D eigenvalue weighted by Crippen LogP contribution is 2.56. The summed E-state index contributed by atoms with van der Waals surface area (Å²) in [6, 6.07) is 0. The fourth-order valence-corrected chi connectivity index (χ4v) is 3.48. The summed E-state index contributed by atoms with van der Waals surface area (Å²) in [5.41, 5.74) is 2.81. The Bertz CT molecular complexity index is 313. The first-order chi connectivity index (χ1) is 7.42. The molecule has 0 spiro atoms. The third kappa shape index (κ3) is 1.98. The van der Waals surface area contributed by atoms with Crippen LogP contribution in [0.5, 0.6) is 0 Å². The second-order valence-corrected chi connectivity index (χ2v) is 6.32. The molecule has 3 atom stereocenters. The molecule has 0 aromatic heterocycles. The van der Waals surface area contributed by atoms with Gasteiger partial charge in [-0.1, -0.05) is 32.6 Å². The van der Waals surface area contributed by atoms with E-state index in [0.717, 1.165) is 24.8 Å². The molecule has 1 heteroatoms. The van der Waals surface area contributed by atoms with Gasteiger partial charge in [0.15, 0.2) is 0 Å². The average molecular weight is 220 g/mol. The number of aliphatic hydroxyl groups excluding tert-OH is 1. The summed E-state index contributed by atoms with van der Waals surface area (Å²) in [7, 11) is 0. The first-order valence-electron chi connectivity index (χ1n) is 6.45. The molecule has 0 saturated heterocycles. The van der Waals surface area contributed by atoms with Gasteiger partial charge in [0.1, 0.15) is 0 Å². The molecule has 0 amide bonds. The number of allylic oxidation sites excluding steroid dienone is 1. The molecule has 0 aliphatic heterocycles. The van der Waals surface area contributed by atoms with E-state index in [9.17, 15) is 5.11 Å². The van der Waals surface area contributed by atoms with Crippen molar-refractivity contribution in [3.63, 3.8) is 0 Å². The highest BCUT2D eigenvalue weighted by atomic mass is 16.3. The van der Waals surface area contributed by atoms with Gasteiger partial charge in [0, 0.05) is 0 Å². The van der Waals surface area contributed by atoms with Crippen molar-refractivity contribution in [3.8, 4) is 0 Å². The average Bonchev–Trinajstić information content (AvgIpc) is 2.24. The molecule has 0 bridgehead atoms. The van der Waals surface area contributed by atoms with Gasteiger partial charge in [0.05, 0.1) is 6.10 Å². The van der Waals surface area contributed by atoms with E-state index in [1.807, 2.05) is 0 Å². The number of hydrogen-bond donors (Lipinski definition) is 1. The van der Waals surface area contributed by atoms with E-state index in [2.05, 4.69) is 27.0 Å². The van der Waals surface area contributed by atoms with Crippen LogP contribution in [-0.2, 0) is 0 Å². The maximum absolute atomic E-state index is 10.1. The minimum Gasteiger partial charge on any atom is -0.389 e. The molecule has 0 heterocycles. The molecule has 2 rings (SSSR count). The van der Waals surface area contributed by atoms with E-state index < -0.39 is 0 Å². The second-order valence-electron chi connectivity index (χ2n) is 6.32. The molecule has 2 unspecified atom stereocenters. The SMILES string of the molecule is C=C1CCC2C(CC2(C)C)C(=C)[C@H](O)CC1. The molecule has 2 aliphatic rings. The van der Waals surface area contributed by atoms with Crippen LogP contribution in [0, 0.1) is 17.3 Å². The fraction of sp³-hybridized carbons (Fsp3) is 0.733. The van der Waals surface area contributed by atoms with Crippen LogP contribution in [0.25, 0.3) is 0 Å². The van der Waals surface area contributed by atoms with E-state index in [4.69, 9.17) is 0 Å². The number of aliphatic hydroxyl groups is 1. The highest BCUT2D eigenvalue weighted by Gasteiger charge is 2.48. The standard InChI is InChI=1S/C15H24O/c1-10-5-7-13-12(9-15(13,3)4)11(2)14(16)8-6-10/h12-14,16H,1-2,5-9H2,3-4H3/t12?,13?,14-/m1/s1. The number of hydrogen-bond acceptors (Lipinski definition) is 1. The van der Waals surface area contributed by atoms with Crippen LogP contribution in [0.1, 0.15) is 46.0 Å². The molecule has 1 N–H and O–H groups in total. The summed E-state index contributed by atoms with van der Waals surface area (Å²) < 4.78 is 0. The van der Waals surface area contributed by atoms with Gasteiger partial charge in [-0.2, -0.15) is 0 Å². The third-order valence-corrected chi connectivity index (χ3v) is 4.72. The lowest BCUT2D eigenvalue weighted by molar-refractivity contribution is -0.00594. The Labute approximate surface area is 99.3 Å². The molecule has 2 aliphatic carbocycles. The molecule has 0 aromatic rings. The van der Waals surface area contributed by atoms with Crippen molar-refractivity contribution in [2.24, 2.45) is 17.3 Å². The van der Waals surface area contributed by atoms with E-state index >= 15 is 0 Å². The summed E-state index contributed by atoms with van der Waals surface area (Å²) in [5, 5.41) is 10.1. The van der Waals surface area contributed by atoms with Gasteiger partial charge in [0.2, 0.25) is 0 Å². The minimum absolute atomic E-state index is 0.307. The van der Waals surface area contributed by atoms with Crippen molar-refractivity contribution in [1.29, 1.82) is 0 Å². The smallest absolute Gasteiger partial charge is 0.0753 e. The van der Waals surface area contributed by atoms with Crippen LogP contribution in [0.3, 0.4) is 0 Å². The first kappa shape index (κ1) is 11.9. The van der Waals surface area contributed by atoms with Gasteiger partial charge in [-0.15, -0.1) is 0 Å². The molecular formula is C15H24O. The predicted octanol–water partition coefficient (Wildman–Crippen LogP) is 3.70. The quantitative estimate of drug-likeness (QED) is 0.617. The Morgan fingerprint density at radius 1 is 1.19 bits per heavy atom. The Kier molecular flexibility index (Phi) is 3.00. The summed E-state index contributed by atoms with van der Waals surface area (Å²) in [6.07, 6.45) is 5.02. The van der Waals surface area contributed by atoms with Gasteiger partial charge in [0.25, 0.3) is 0 Å². The van der Waals surface area contributed by atoms with Crippen molar-refractivity contribution in [2.45, 2.75) is 52.1 Å². The van der Waals surface area contributed by atoms with E-state index in [1.54, 1.807) is 0 Å². The van der Waals surface area contributed by atoms with Gasteiger partial charge >= 0.3 is 0 Å². The lowest BCUT2D eigenvalue weighted by Crippen LogP contribution is -2.46. The monoisotopic (exact) mass is 220 g/mol. The molecule has 1 nitrogen and oxygen atoms in total. The lowest BCUT2D eigenvalue weighted by atomic mass is 9.52. The Hall–Kier alpha value is -0.560. The maximum Gasteiger partial charge on any atom is 0.0753 e. The number of rotatable bonds is 0. The van der Waals surface area contributed by atoms with E-state index in [-0.39, 0.29) is 6.10 Å². The van der Waals surface area contributed by atoms with Crippen LogP contribution in [0.2, 0.25) is 0 Å². The van der Waals surface area contributed by atoms with Crippen molar-refractivity contribution < 1.29 is 5.11 Å². The highest BCUT2D eigenvalue weighted by molar-refractivity contribution is 5.18. The summed E-state index contributed by atoms with van der Waals surface area (Å²) >= 11 is 0. The topological polar surface area (TPSA) is 20.2 Å². The molecule has 90 valence electrons. The summed E-state index contributed by atoms with van der Waals surface area (Å²) in [4.78, 5) is 0. The fourth-order valence-electron chi connectivity index (χ4n) is 3.48. The first-order valence-corrected chi connectivity index (χ1v) is 6.45. The zero-order valence-corrected chi connectivity index (χ0v) is 10.6. The molecule has 2 saturated carbocycles. The van der Waals surface area contributed by atoms with Crippen LogP contribution >= 0.6 is 0 Å². The van der Waals surface area contributed by atoms with Crippen LogP contribution in [0.4, 0.5) is 0 Å².